The SMILES string of the molecule is N[C@@H]1CO[C@H](COP(=O)(O)O)[C@@H](O)[C@H]1O.[Na].[Na]. The van der Waals surface area contributed by atoms with E-state index in [1.54, 1.807) is 0 Å². The first-order valence-corrected chi connectivity index (χ1v) is 5.77. The minimum Gasteiger partial charge on any atom is -0.389 e. The summed E-state index contributed by atoms with van der Waals surface area (Å²) in [4.78, 5) is 16.8. The van der Waals surface area contributed by atoms with Gasteiger partial charge in [0.2, 0.25) is 0 Å². The van der Waals surface area contributed by atoms with E-state index in [4.69, 9.17) is 20.3 Å². The third-order valence-electron chi connectivity index (χ3n) is 2.08. The second kappa shape index (κ2) is 8.99. The average molecular weight is 289 g/mol. The predicted molar refractivity (Wildman–Crippen MR) is 59.2 cm³/mol. The van der Waals surface area contributed by atoms with Crippen molar-refractivity contribution in [2.24, 2.45) is 5.73 Å². The van der Waals surface area contributed by atoms with Crippen LogP contribution >= 0.6 is 7.82 Å². The van der Waals surface area contributed by atoms with Crippen LogP contribution in [0.3, 0.4) is 0 Å². The maximum absolute atomic E-state index is 10.4. The van der Waals surface area contributed by atoms with E-state index in [-0.39, 0.29) is 65.7 Å². The number of ether oxygens (including phenoxy) is 1. The molecule has 0 aromatic rings. The van der Waals surface area contributed by atoms with Crippen LogP contribution in [0.4, 0.5) is 0 Å². The minimum atomic E-state index is -4.60. The largest absolute Gasteiger partial charge is 0.469 e. The fourth-order valence-electron chi connectivity index (χ4n) is 1.22. The molecular weight excluding hydrogens is 275 g/mol. The van der Waals surface area contributed by atoms with Gasteiger partial charge in [0.15, 0.2) is 0 Å². The first-order chi connectivity index (χ1) is 6.81. The summed E-state index contributed by atoms with van der Waals surface area (Å²) in [5.74, 6) is 0. The van der Waals surface area contributed by atoms with Gasteiger partial charge in [-0.25, -0.2) is 4.57 Å². The molecule has 17 heavy (non-hydrogen) atoms. The van der Waals surface area contributed by atoms with Crippen LogP contribution in [-0.4, -0.2) is 117 Å². The standard InChI is InChI=1S/C6H14NO7P.2Na/c7-3-1-13-4(6(9)5(3)8)2-14-15(10,11)12;;/h3-6,8-9H,1-2,7H2,(H2,10,11,12);;/t3-,4-,5+,6-;;/m1../s1. The van der Waals surface area contributed by atoms with Crippen LogP contribution in [0, 0.1) is 0 Å². The quantitative estimate of drug-likeness (QED) is 0.270. The molecule has 92 valence electrons. The summed E-state index contributed by atoms with van der Waals surface area (Å²) in [7, 11) is -4.60. The fourth-order valence-corrected chi connectivity index (χ4v) is 1.56. The number of hydrogen-bond acceptors (Lipinski definition) is 6. The summed E-state index contributed by atoms with van der Waals surface area (Å²) in [5.41, 5.74) is 5.38. The summed E-state index contributed by atoms with van der Waals surface area (Å²) in [6.45, 7) is -0.511. The maximum atomic E-state index is 10.4. The Labute approximate surface area is 143 Å². The van der Waals surface area contributed by atoms with Gasteiger partial charge in [-0.1, -0.05) is 0 Å². The normalized spacial score (nSPS) is 33.5. The van der Waals surface area contributed by atoms with E-state index in [0.717, 1.165) is 0 Å². The van der Waals surface area contributed by atoms with Crippen molar-refractivity contribution in [1.29, 1.82) is 0 Å². The molecule has 0 spiro atoms. The fraction of sp³-hybridized carbons (Fsp3) is 1.00. The van der Waals surface area contributed by atoms with Crippen molar-refractivity contribution in [1.82, 2.24) is 0 Å². The third-order valence-corrected chi connectivity index (χ3v) is 2.56. The Morgan fingerprint density at radius 2 is 1.82 bits per heavy atom. The summed E-state index contributed by atoms with van der Waals surface area (Å²) in [6, 6.07) is -0.716. The van der Waals surface area contributed by atoms with Gasteiger partial charge >= 0.3 is 7.82 Å². The van der Waals surface area contributed by atoms with Crippen molar-refractivity contribution in [3.05, 3.63) is 0 Å². The molecule has 2 radical (unpaired) electrons. The predicted octanol–water partition coefficient (Wildman–Crippen LogP) is -3.22. The summed E-state index contributed by atoms with van der Waals surface area (Å²) in [5, 5.41) is 18.8. The zero-order valence-electron chi connectivity index (χ0n) is 9.76. The number of rotatable bonds is 3. The van der Waals surface area contributed by atoms with Crippen molar-refractivity contribution in [3.8, 4) is 0 Å². The van der Waals surface area contributed by atoms with E-state index in [1.165, 1.54) is 0 Å². The molecular formula is C6H14NNa2O7P. The first kappa shape index (κ1) is 21.3. The van der Waals surface area contributed by atoms with Crippen molar-refractivity contribution < 1.29 is 33.8 Å². The molecule has 0 bridgehead atoms. The van der Waals surface area contributed by atoms with E-state index >= 15 is 0 Å². The Balaban J connectivity index is 0. The zero-order valence-corrected chi connectivity index (χ0v) is 14.7. The molecule has 1 aliphatic rings. The van der Waals surface area contributed by atoms with Gasteiger partial charge < -0.3 is 30.5 Å². The molecule has 1 heterocycles. The molecule has 6 N–H and O–H groups in total. The van der Waals surface area contributed by atoms with Crippen LogP contribution in [-0.2, 0) is 13.8 Å². The van der Waals surface area contributed by atoms with Crippen LogP contribution in [0.15, 0.2) is 0 Å². The Kier molecular flexibility index (Phi) is 11.2. The number of aliphatic hydroxyl groups excluding tert-OH is 2. The average Bonchev–Trinajstić information content (AvgIpc) is 2.12. The number of phosphoric ester groups is 1. The number of aliphatic hydroxyl groups is 2. The van der Waals surface area contributed by atoms with Crippen LogP contribution in [0.2, 0.25) is 0 Å². The van der Waals surface area contributed by atoms with E-state index in [2.05, 4.69) is 4.52 Å². The van der Waals surface area contributed by atoms with Gasteiger partial charge in [0, 0.05) is 59.1 Å². The molecule has 11 heteroatoms. The van der Waals surface area contributed by atoms with Crippen molar-refractivity contribution >= 4 is 66.9 Å². The van der Waals surface area contributed by atoms with Crippen LogP contribution in [0.1, 0.15) is 0 Å². The minimum absolute atomic E-state index is 0. The molecule has 0 saturated carbocycles. The molecule has 1 aliphatic heterocycles. The zero-order chi connectivity index (χ0) is 11.6. The maximum Gasteiger partial charge on any atom is 0.469 e. The second-order valence-corrected chi connectivity index (χ2v) is 4.54. The molecule has 0 amide bonds. The molecule has 1 rings (SSSR count). The van der Waals surface area contributed by atoms with Crippen molar-refractivity contribution in [2.45, 2.75) is 24.4 Å². The van der Waals surface area contributed by atoms with E-state index < -0.39 is 38.8 Å². The smallest absolute Gasteiger partial charge is 0.389 e. The Hall–Kier alpha value is 1.95. The number of nitrogens with two attached hydrogens (primary N) is 1. The second-order valence-electron chi connectivity index (χ2n) is 3.30. The molecule has 0 unspecified atom stereocenters. The molecule has 8 nitrogen and oxygen atoms in total. The van der Waals surface area contributed by atoms with Crippen LogP contribution < -0.4 is 5.73 Å². The Morgan fingerprint density at radius 1 is 1.29 bits per heavy atom. The summed E-state index contributed by atoms with van der Waals surface area (Å²) in [6.07, 6.45) is -3.50. The Bertz CT molecular complexity index is 265. The van der Waals surface area contributed by atoms with E-state index in [1.807, 2.05) is 0 Å². The van der Waals surface area contributed by atoms with Gasteiger partial charge in [0.1, 0.15) is 12.2 Å². The van der Waals surface area contributed by atoms with Crippen molar-refractivity contribution in [3.63, 3.8) is 0 Å². The van der Waals surface area contributed by atoms with Gasteiger partial charge in [-0.2, -0.15) is 0 Å². The number of hydrogen-bond donors (Lipinski definition) is 5. The van der Waals surface area contributed by atoms with Gasteiger partial charge in [0.25, 0.3) is 0 Å². The van der Waals surface area contributed by atoms with Crippen molar-refractivity contribution in [2.75, 3.05) is 13.2 Å². The molecule has 4 atom stereocenters. The first-order valence-electron chi connectivity index (χ1n) is 4.24. The topological polar surface area (TPSA) is 142 Å². The van der Waals surface area contributed by atoms with Gasteiger partial charge in [0.05, 0.1) is 25.4 Å². The Morgan fingerprint density at radius 3 is 2.29 bits per heavy atom. The molecule has 1 saturated heterocycles. The molecule has 0 aromatic carbocycles. The van der Waals surface area contributed by atoms with E-state index in [9.17, 15) is 14.8 Å². The number of phosphoric acid groups is 1. The third kappa shape index (κ3) is 7.34. The summed E-state index contributed by atoms with van der Waals surface area (Å²) >= 11 is 0. The van der Waals surface area contributed by atoms with Gasteiger partial charge in [-0.05, 0) is 0 Å². The van der Waals surface area contributed by atoms with Crippen LogP contribution in [0.25, 0.3) is 0 Å². The molecule has 1 fully saturated rings. The monoisotopic (exact) mass is 289 g/mol. The van der Waals surface area contributed by atoms with Gasteiger partial charge in [-0.3, -0.25) is 4.52 Å². The van der Waals surface area contributed by atoms with Gasteiger partial charge in [-0.15, -0.1) is 0 Å². The summed E-state index contributed by atoms with van der Waals surface area (Å²) < 4.78 is 19.5. The molecule has 0 aromatic heterocycles. The van der Waals surface area contributed by atoms with Crippen LogP contribution in [0.5, 0.6) is 0 Å². The molecule has 0 aliphatic carbocycles. The van der Waals surface area contributed by atoms with E-state index in [0.29, 0.717) is 0 Å².